The molecule has 9 aromatic rings. The standard InChI is InChI=1S/C49H33N/c1-5-15-33(16-6-1)38-30-44(34-17-7-2-8-18-34)49-46(31-38)42-28-26-37(32-47(42)50(49)39-21-11-4-12-22-39)36-25-27-41-40-23-13-14-24-43(40)48(45(41)29-36)35-19-9-3-10-20-35/h1-32,48H. The zero-order valence-corrected chi connectivity index (χ0v) is 27.5. The first kappa shape index (κ1) is 28.6. The van der Waals surface area contributed by atoms with E-state index in [1.165, 1.54) is 83.0 Å². The monoisotopic (exact) mass is 635 g/mol. The Morgan fingerprint density at radius 2 is 0.940 bits per heavy atom. The second-order valence-corrected chi connectivity index (χ2v) is 13.3. The van der Waals surface area contributed by atoms with E-state index in [1.807, 2.05) is 0 Å². The number of rotatable bonds is 5. The van der Waals surface area contributed by atoms with E-state index < -0.39 is 0 Å². The van der Waals surface area contributed by atoms with E-state index in [0.717, 1.165) is 5.69 Å². The van der Waals surface area contributed by atoms with Gasteiger partial charge in [0.2, 0.25) is 0 Å². The molecule has 1 nitrogen and oxygen atoms in total. The first-order chi connectivity index (χ1) is 24.8. The van der Waals surface area contributed by atoms with Crippen molar-refractivity contribution in [1.82, 2.24) is 4.57 Å². The number of aromatic nitrogens is 1. The van der Waals surface area contributed by atoms with Crippen molar-refractivity contribution < 1.29 is 0 Å². The molecule has 234 valence electrons. The highest BCUT2D eigenvalue weighted by Crippen LogP contribution is 2.49. The summed E-state index contributed by atoms with van der Waals surface area (Å²) in [4.78, 5) is 0. The van der Waals surface area contributed by atoms with Gasteiger partial charge in [-0.1, -0.05) is 158 Å². The predicted octanol–water partition coefficient (Wildman–Crippen LogP) is 12.9. The van der Waals surface area contributed by atoms with Crippen molar-refractivity contribution in [3.8, 4) is 50.2 Å². The first-order valence-corrected chi connectivity index (χ1v) is 17.4. The van der Waals surface area contributed by atoms with E-state index in [-0.39, 0.29) is 5.92 Å². The molecule has 0 N–H and O–H groups in total. The molecule has 0 amide bonds. The zero-order chi connectivity index (χ0) is 33.0. The number of nitrogens with zero attached hydrogens (tertiary/aromatic N) is 1. The van der Waals surface area contributed by atoms with E-state index in [4.69, 9.17) is 0 Å². The lowest BCUT2D eigenvalue weighted by Gasteiger charge is -2.15. The van der Waals surface area contributed by atoms with E-state index >= 15 is 0 Å². The Morgan fingerprint density at radius 1 is 0.340 bits per heavy atom. The van der Waals surface area contributed by atoms with Crippen LogP contribution in [0.3, 0.4) is 0 Å². The average molecular weight is 636 g/mol. The van der Waals surface area contributed by atoms with E-state index in [9.17, 15) is 0 Å². The molecule has 1 heteroatoms. The summed E-state index contributed by atoms with van der Waals surface area (Å²) in [7, 11) is 0. The molecule has 10 rings (SSSR count). The van der Waals surface area contributed by atoms with E-state index in [1.54, 1.807) is 0 Å². The molecule has 50 heavy (non-hydrogen) atoms. The van der Waals surface area contributed by atoms with E-state index in [0.29, 0.717) is 0 Å². The van der Waals surface area contributed by atoms with Gasteiger partial charge in [0.1, 0.15) is 0 Å². The predicted molar refractivity (Wildman–Crippen MR) is 210 cm³/mol. The molecule has 0 radical (unpaired) electrons. The summed E-state index contributed by atoms with van der Waals surface area (Å²) < 4.78 is 2.47. The van der Waals surface area contributed by atoms with Crippen LogP contribution in [0.4, 0.5) is 0 Å². The van der Waals surface area contributed by atoms with Gasteiger partial charge in [-0.3, -0.25) is 0 Å². The van der Waals surface area contributed by atoms with Crippen molar-refractivity contribution in [2.75, 3.05) is 0 Å². The average Bonchev–Trinajstić information content (AvgIpc) is 3.71. The highest BCUT2D eigenvalue weighted by molar-refractivity contribution is 6.16. The number of benzene rings is 8. The van der Waals surface area contributed by atoms with Crippen LogP contribution in [0, 0.1) is 0 Å². The Bertz CT molecular complexity index is 2670. The zero-order valence-electron chi connectivity index (χ0n) is 27.5. The van der Waals surface area contributed by atoms with E-state index in [2.05, 4.69) is 199 Å². The van der Waals surface area contributed by atoms with Crippen LogP contribution in [0.15, 0.2) is 194 Å². The van der Waals surface area contributed by atoms with Gasteiger partial charge in [0, 0.05) is 27.9 Å². The van der Waals surface area contributed by atoms with Crippen LogP contribution in [0.2, 0.25) is 0 Å². The molecule has 0 saturated heterocycles. The van der Waals surface area contributed by atoms with Crippen LogP contribution < -0.4 is 0 Å². The van der Waals surface area contributed by atoms with Gasteiger partial charge in [-0.05, 0) is 92.0 Å². The Kier molecular flexibility index (Phi) is 6.63. The quantitative estimate of drug-likeness (QED) is 0.177. The second-order valence-electron chi connectivity index (χ2n) is 13.3. The summed E-state index contributed by atoms with van der Waals surface area (Å²) in [6.45, 7) is 0. The van der Waals surface area contributed by atoms with Crippen LogP contribution >= 0.6 is 0 Å². The lowest BCUT2D eigenvalue weighted by atomic mass is 9.88. The van der Waals surface area contributed by atoms with Crippen LogP contribution in [-0.2, 0) is 0 Å². The van der Waals surface area contributed by atoms with Gasteiger partial charge < -0.3 is 4.57 Å². The Hall–Kier alpha value is -6.44. The smallest absolute Gasteiger partial charge is 0.0619 e. The molecular weight excluding hydrogens is 603 g/mol. The van der Waals surface area contributed by atoms with Crippen molar-refractivity contribution in [2.24, 2.45) is 0 Å². The summed E-state index contributed by atoms with van der Waals surface area (Å²) in [5.74, 6) is 0.215. The molecule has 1 atom stereocenters. The summed E-state index contributed by atoms with van der Waals surface area (Å²) >= 11 is 0. The normalized spacial score (nSPS) is 13.4. The molecule has 1 unspecified atom stereocenters. The topological polar surface area (TPSA) is 4.93 Å². The summed E-state index contributed by atoms with van der Waals surface area (Å²) in [5, 5.41) is 2.50. The lowest BCUT2D eigenvalue weighted by molar-refractivity contribution is 1.02. The van der Waals surface area contributed by atoms with Crippen LogP contribution in [0.5, 0.6) is 0 Å². The molecule has 1 aromatic heterocycles. The van der Waals surface area contributed by atoms with Gasteiger partial charge in [0.05, 0.1) is 11.0 Å². The van der Waals surface area contributed by atoms with Gasteiger partial charge in [-0.2, -0.15) is 0 Å². The number of para-hydroxylation sites is 1. The maximum atomic E-state index is 2.47. The minimum absolute atomic E-state index is 0.215. The largest absolute Gasteiger partial charge is 0.309 e. The third-order valence-electron chi connectivity index (χ3n) is 10.5. The molecule has 0 spiro atoms. The third-order valence-corrected chi connectivity index (χ3v) is 10.5. The van der Waals surface area contributed by atoms with Crippen molar-refractivity contribution in [3.05, 3.63) is 211 Å². The molecule has 0 bridgehead atoms. The molecule has 1 aliphatic carbocycles. The third kappa shape index (κ3) is 4.55. The minimum atomic E-state index is 0.215. The fraction of sp³-hybridized carbons (Fsp3) is 0.0204. The highest BCUT2D eigenvalue weighted by atomic mass is 15.0. The Labute approximate surface area is 292 Å². The minimum Gasteiger partial charge on any atom is -0.309 e. The van der Waals surface area contributed by atoms with Crippen LogP contribution in [-0.4, -0.2) is 4.57 Å². The van der Waals surface area contributed by atoms with Gasteiger partial charge in [-0.15, -0.1) is 0 Å². The van der Waals surface area contributed by atoms with Crippen LogP contribution in [0.25, 0.3) is 72.0 Å². The SMILES string of the molecule is c1ccc(-c2cc(-c3ccccc3)c3c(c2)c2ccc(-c4ccc5c(c4)C(c4ccccc4)c4ccccc4-5)cc2n3-c2ccccc2)cc1. The van der Waals surface area contributed by atoms with Crippen molar-refractivity contribution in [3.63, 3.8) is 0 Å². The van der Waals surface area contributed by atoms with Crippen LogP contribution in [0.1, 0.15) is 22.6 Å². The summed E-state index contributed by atoms with van der Waals surface area (Å²) in [6.07, 6.45) is 0. The summed E-state index contributed by atoms with van der Waals surface area (Å²) in [6, 6.07) is 71.1. The van der Waals surface area contributed by atoms with Crippen molar-refractivity contribution in [1.29, 1.82) is 0 Å². The Balaban J connectivity index is 1.23. The number of fused-ring (bicyclic) bond motifs is 6. The molecule has 1 heterocycles. The fourth-order valence-corrected chi connectivity index (χ4v) is 8.20. The van der Waals surface area contributed by atoms with Gasteiger partial charge >= 0.3 is 0 Å². The maximum absolute atomic E-state index is 2.47. The molecular formula is C49H33N. The lowest BCUT2D eigenvalue weighted by Crippen LogP contribution is -1.99. The number of hydrogen-bond donors (Lipinski definition) is 0. The molecule has 0 fully saturated rings. The van der Waals surface area contributed by atoms with Gasteiger partial charge in [-0.25, -0.2) is 0 Å². The molecule has 8 aromatic carbocycles. The maximum Gasteiger partial charge on any atom is 0.0619 e. The Morgan fingerprint density at radius 3 is 1.70 bits per heavy atom. The first-order valence-electron chi connectivity index (χ1n) is 17.4. The number of hydrogen-bond acceptors (Lipinski definition) is 0. The van der Waals surface area contributed by atoms with Crippen molar-refractivity contribution >= 4 is 21.8 Å². The van der Waals surface area contributed by atoms with Crippen molar-refractivity contribution in [2.45, 2.75) is 5.92 Å². The molecule has 0 aliphatic heterocycles. The molecule has 0 saturated carbocycles. The highest BCUT2D eigenvalue weighted by Gasteiger charge is 2.30. The second kappa shape index (κ2) is 11.6. The fourth-order valence-electron chi connectivity index (χ4n) is 8.20. The summed E-state index contributed by atoms with van der Waals surface area (Å²) in [5.41, 5.74) is 17.7. The van der Waals surface area contributed by atoms with Gasteiger partial charge in [0.15, 0.2) is 0 Å². The van der Waals surface area contributed by atoms with Gasteiger partial charge in [0.25, 0.3) is 0 Å². The molecule has 1 aliphatic rings.